The number of pyridine rings is 1. The molecular weight excluding hydrogens is 416 g/mol. The van der Waals surface area contributed by atoms with E-state index in [0.29, 0.717) is 32.6 Å². The lowest BCUT2D eigenvalue weighted by Crippen LogP contribution is -2.49. The first-order chi connectivity index (χ1) is 14.7. The molecule has 9 heteroatoms. The highest BCUT2D eigenvalue weighted by atomic mass is 32.2. The highest BCUT2D eigenvalue weighted by Crippen LogP contribution is 2.23. The van der Waals surface area contributed by atoms with E-state index in [9.17, 15) is 13.8 Å². The van der Waals surface area contributed by atoms with Crippen LogP contribution in [0, 0.1) is 0 Å². The molecule has 1 aliphatic rings. The molecule has 1 aromatic carbocycles. The van der Waals surface area contributed by atoms with Crippen molar-refractivity contribution >= 4 is 33.8 Å². The van der Waals surface area contributed by atoms with Gasteiger partial charge in [-0.15, -0.1) is 0 Å². The molecule has 1 saturated heterocycles. The van der Waals surface area contributed by atoms with E-state index in [0.717, 1.165) is 15.7 Å². The minimum absolute atomic E-state index is 0.172. The quantitative estimate of drug-likeness (QED) is 0.780. The number of fused-ring (bicyclic) bond motifs is 1. The first-order valence-electron chi connectivity index (χ1n) is 10.4. The van der Waals surface area contributed by atoms with E-state index in [-0.39, 0.29) is 5.91 Å². The number of ether oxygens (including phenoxy) is 1. The van der Waals surface area contributed by atoms with Crippen LogP contribution in [0.25, 0.3) is 10.8 Å². The Labute approximate surface area is 185 Å². The maximum absolute atomic E-state index is 13.3. The molecule has 2 amide bonds. The predicted molar refractivity (Wildman–Crippen MR) is 120 cm³/mol. The fourth-order valence-electron chi connectivity index (χ4n) is 3.48. The Morgan fingerprint density at radius 3 is 2.68 bits per heavy atom. The molecule has 0 bridgehead atoms. The number of hydrogen-bond donors (Lipinski definition) is 1. The van der Waals surface area contributed by atoms with Gasteiger partial charge in [-0.25, -0.2) is 13.3 Å². The minimum Gasteiger partial charge on any atom is -0.444 e. The van der Waals surface area contributed by atoms with Gasteiger partial charge in [0.25, 0.3) is 0 Å². The van der Waals surface area contributed by atoms with Crippen LogP contribution < -0.4 is 5.32 Å². The molecule has 0 aliphatic carbocycles. The number of benzene rings is 1. The minimum atomic E-state index is -1.34. The molecule has 168 valence electrons. The SMILES string of the molecule is C[C@H](NC(=O)OC(C)(C)C)C(=O)N1CCCN(S(=O)c2cccc3cnccc23)CC1. The number of aromatic nitrogens is 1. The Hall–Kier alpha value is -2.52. The number of carbonyl (C=O) groups excluding carboxylic acids is 2. The van der Waals surface area contributed by atoms with Crippen molar-refractivity contribution in [3.63, 3.8) is 0 Å². The average Bonchev–Trinajstić information content (AvgIpc) is 2.97. The van der Waals surface area contributed by atoms with Crippen molar-refractivity contribution in [1.29, 1.82) is 0 Å². The van der Waals surface area contributed by atoms with E-state index in [2.05, 4.69) is 10.3 Å². The number of hydrogen-bond acceptors (Lipinski definition) is 5. The third-order valence-electron chi connectivity index (χ3n) is 4.93. The van der Waals surface area contributed by atoms with Crippen molar-refractivity contribution in [2.45, 2.75) is 50.7 Å². The molecular formula is C22H30N4O4S. The van der Waals surface area contributed by atoms with E-state index in [1.807, 2.05) is 28.6 Å². The summed E-state index contributed by atoms with van der Waals surface area (Å²) in [5.41, 5.74) is -0.627. The number of amides is 2. The molecule has 0 spiro atoms. The topological polar surface area (TPSA) is 91.8 Å². The van der Waals surface area contributed by atoms with E-state index >= 15 is 0 Å². The summed E-state index contributed by atoms with van der Waals surface area (Å²) in [6.07, 6.45) is 3.54. The Morgan fingerprint density at radius 1 is 1.16 bits per heavy atom. The van der Waals surface area contributed by atoms with Gasteiger partial charge in [-0.05, 0) is 46.2 Å². The van der Waals surface area contributed by atoms with Gasteiger partial charge >= 0.3 is 6.09 Å². The molecule has 2 heterocycles. The first-order valence-corrected chi connectivity index (χ1v) is 11.5. The van der Waals surface area contributed by atoms with Crippen molar-refractivity contribution in [2.75, 3.05) is 26.2 Å². The molecule has 2 aromatic rings. The maximum Gasteiger partial charge on any atom is 0.408 e. The van der Waals surface area contributed by atoms with Crippen molar-refractivity contribution in [2.24, 2.45) is 0 Å². The predicted octanol–water partition coefficient (Wildman–Crippen LogP) is 2.70. The van der Waals surface area contributed by atoms with Crippen LogP contribution in [0.5, 0.6) is 0 Å². The molecule has 1 fully saturated rings. The van der Waals surface area contributed by atoms with Gasteiger partial charge in [0.05, 0.1) is 4.90 Å². The van der Waals surface area contributed by atoms with E-state index in [1.165, 1.54) is 0 Å². The zero-order chi connectivity index (χ0) is 22.6. The highest BCUT2D eigenvalue weighted by molar-refractivity contribution is 7.83. The zero-order valence-electron chi connectivity index (χ0n) is 18.5. The lowest BCUT2D eigenvalue weighted by Gasteiger charge is -2.26. The molecule has 0 saturated carbocycles. The monoisotopic (exact) mass is 446 g/mol. The summed E-state index contributed by atoms with van der Waals surface area (Å²) in [6.45, 7) is 9.06. The van der Waals surface area contributed by atoms with Gasteiger partial charge in [-0.1, -0.05) is 12.1 Å². The summed E-state index contributed by atoms with van der Waals surface area (Å²) in [5, 5.41) is 4.47. The lowest BCUT2D eigenvalue weighted by molar-refractivity contribution is -0.132. The van der Waals surface area contributed by atoms with Gasteiger partial charge in [0, 0.05) is 49.3 Å². The number of carbonyl (C=O) groups is 2. The normalized spacial score (nSPS) is 17.6. The molecule has 2 atom stereocenters. The van der Waals surface area contributed by atoms with Gasteiger partial charge in [0.15, 0.2) is 0 Å². The van der Waals surface area contributed by atoms with Gasteiger partial charge in [-0.3, -0.25) is 9.78 Å². The highest BCUT2D eigenvalue weighted by Gasteiger charge is 2.28. The van der Waals surface area contributed by atoms with Gasteiger partial charge < -0.3 is 15.0 Å². The summed E-state index contributed by atoms with van der Waals surface area (Å²) in [4.78, 5) is 31.4. The molecule has 3 rings (SSSR count). The van der Waals surface area contributed by atoms with Crippen LogP contribution in [-0.2, 0) is 20.5 Å². The molecule has 1 aliphatic heterocycles. The summed E-state index contributed by atoms with van der Waals surface area (Å²) in [5.74, 6) is -0.172. The van der Waals surface area contributed by atoms with Crippen LogP contribution in [0.1, 0.15) is 34.1 Å². The fourth-order valence-corrected chi connectivity index (χ4v) is 4.87. The molecule has 1 aromatic heterocycles. The third kappa shape index (κ3) is 6.01. The van der Waals surface area contributed by atoms with Crippen molar-refractivity contribution in [3.8, 4) is 0 Å². The summed E-state index contributed by atoms with van der Waals surface area (Å²) >= 11 is 0. The number of alkyl carbamates (subject to hydrolysis) is 1. The summed E-state index contributed by atoms with van der Waals surface area (Å²) in [7, 11) is -1.34. The molecule has 8 nitrogen and oxygen atoms in total. The smallest absolute Gasteiger partial charge is 0.408 e. The third-order valence-corrected chi connectivity index (χ3v) is 6.50. The number of nitrogens with zero attached hydrogens (tertiary/aromatic N) is 3. The Kier molecular flexibility index (Phi) is 7.27. The molecule has 31 heavy (non-hydrogen) atoms. The molecule has 0 radical (unpaired) electrons. The average molecular weight is 447 g/mol. The maximum atomic E-state index is 13.3. The summed E-state index contributed by atoms with van der Waals surface area (Å²) in [6, 6.07) is 6.89. The Balaban J connectivity index is 1.62. The van der Waals surface area contributed by atoms with Crippen LogP contribution in [0.2, 0.25) is 0 Å². The Bertz CT molecular complexity index is 970. The standard InChI is InChI=1S/C22H30N4O4S/c1-16(24-21(28)30-22(2,3)4)20(27)25-11-6-12-26(14-13-25)31(29)19-8-5-7-17-15-23-10-9-18(17)19/h5,7-10,15-16H,6,11-14H2,1-4H3,(H,24,28)/t16-,31?/m0/s1. The van der Waals surface area contributed by atoms with Crippen LogP contribution in [-0.4, -0.2) is 68.2 Å². The zero-order valence-corrected chi connectivity index (χ0v) is 19.3. The summed E-state index contributed by atoms with van der Waals surface area (Å²) < 4.78 is 20.4. The lowest BCUT2D eigenvalue weighted by atomic mass is 10.2. The number of nitrogens with one attached hydrogen (secondary N) is 1. The largest absolute Gasteiger partial charge is 0.444 e. The second-order valence-corrected chi connectivity index (χ2v) is 10.0. The van der Waals surface area contributed by atoms with Crippen LogP contribution in [0.4, 0.5) is 4.79 Å². The fraction of sp³-hybridized carbons (Fsp3) is 0.500. The van der Waals surface area contributed by atoms with Gasteiger partial charge in [0.2, 0.25) is 5.91 Å². The van der Waals surface area contributed by atoms with E-state index in [1.54, 1.807) is 45.0 Å². The van der Waals surface area contributed by atoms with Crippen molar-refractivity contribution in [3.05, 3.63) is 36.7 Å². The van der Waals surface area contributed by atoms with E-state index < -0.39 is 28.7 Å². The first kappa shape index (κ1) is 23.1. The van der Waals surface area contributed by atoms with Crippen molar-refractivity contribution in [1.82, 2.24) is 19.5 Å². The second-order valence-electron chi connectivity index (χ2n) is 8.58. The van der Waals surface area contributed by atoms with Crippen LogP contribution >= 0.6 is 0 Å². The van der Waals surface area contributed by atoms with Crippen molar-refractivity contribution < 1.29 is 18.5 Å². The van der Waals surface area contributed by atoms with E-state index in [4.69, 9.17) is 4.74 Å². The van der Waals surface area contributed by atoms with Gasteiger partial charge in [-0.2, -0.15) is 0 Å². The molecule has 1 N–H and O–H groups in total. The van der Waals surface area contributed by atoms with Gasteiger partial charge in [0.1, 0.15) is 22.6 Å². The Morgan fingerprint density at radius 2 is 1.94 bits per heavy atom. The van der Waals surface area contributed by atoms with Crippen LogP contribution in [0.3, 0.4) is 0 Å². The molecule has 1 unspecified atom stereocenters. The van der Waals surface area contributed by atoms with Crippen LogP contribution in [0.15, 0.2) is 41.6 Å². The number of rotatable bonds is 4. The second kappa shape index (κ2) is 9.74.